The fourth-order valence-electron chi connectivity index (χ4n) is 2.87. The molecule has 27 heavy (non-hydrogen) atoms. The fourth-order valence-corrected chi connectivity index (χ4v) is 2.87. The van der Waals surface area contributed by atoms with Crippen molar-refractivity contribution < 1.29 is 4.79 Å². The number of amides is 1. The van der Waals surface area contributed by atoms with E-state index in [9.17, 15) is 4.79 Å². The minimum atomic E-state index is -0.224. The number of nitrogens with zero attached hydrogens (tertiary/aromatic N) is 5. The molecule has 1 fully saturated rings. The summed E-state index contributed by atoms with van der Waals surface area (Å²) < 4.78 is 0. The first-order chi connectivity index (χ1) is 13.2. The summed E-state index contributed by atoms with van der Waals surface area (Å²) in [6.07, 6.45) is 0. The summed E-state index contributed by atoms with van der Waals surface area (Å²) in [6, 6.07) is 20.3. The smallest absolute Gasteiger partial charge is 0.253 e. The van der Waals surface area contributed by atoms with Crippen LogP contribution in [0.4, 0.5) is 11.4 Å². The van der Waals surface area contributed by atoms with Gasteiger partial charge in [0.15, 0.2) is 0 Å². The summed E-state index contributed by atoms with van der Waals surface area (Å²) in [4.78, 5) is 16.6. The Morgan fingerprint density at radius 2 is 1.56 bits per heavy atom. The second-order valence-electron chi connectivity index (χ2n) is 5.99. The van der Waals surface area contributed by atoms with Gasteiger partial charge in [-0.15, -0.1) is 0 Å². The predicted molar refractivity (Wildman–Crippen MR) is 103 cm³/mol. The molecule has 7 nitrogen and oxygen atoms in total. The summed E-state index contributed by atoms with van der Waals surface area (Å²) in [5, 5.41) is 21.1. The van der Waals surface area contributed by atoms with Gasteiger partial charge < -0.3 is 9.80 Å². The molecule has 7 heteroatoms. The second kappa shape index (κ2) is 8.50. The lowest BCUT2D eigenvalue weighted by Crippen LogP contribution is -2.48. The molecule has 134 valence electrons. The molecular weight excluding hydrogens is 340 g/mol. The van der Waals surface area contributed by atoms with Crippen LogP contribution in [0.2, 0.25) is 0 Å². The Morgan fingerprint density at radius 3 is 2.15 bits per heavy atom. The SMILES string of the molecule is N#CC(C#N)=NNc1ccc(N2CCN(C(=O)c3ccccc3)CC2)cc1. The standard InChI is InChI=1S/C20H18N6O/c21-14-18(15-22)24-23-17-6-8-19(9-7-17)25-10-12-26(13-11-25)20(27)16-4-2-1-3-5-16/h1-9,23H,10-13H2. The predicted octanol–water partition coefficient (Wildman–Crippen LogP) is 2.46. The van der Waals surface area contributed by atoms with E-state index in [4.69, 9.17) is 10.5 Å². The summed E-state index contributed by atoms with van der Waals surface area (Å²) in [7, 11) is 0. The van der Waals surface area contributed by atoms with Gasteiger partial charge in [-0.2, -0.15) is 15.6 Å². The zero-order valence-corrected chi connectivity index (χ0v) is 14.7. The topological polar surface area (TPSA) is 95.5 Å². The van der Waals surface area contributed by atoms with Gasteiger partial charge in [0.05, 0.1) is 5.69 Å². The molecule has 1 heterocycles. The van der Waals surface area contributed by atoms with Gasteiger partial charge in [-0.1, -0.05) is 18.2 Å². The van der Waals surface area contributed by atoms with E-state index in [0.29, 0.717) is 18.8 Å². The van der Waals surface area contributed by atoms with Crippen LogP contribution >= 0.6 is 0 Å². The van der Waals surface area contributed by atoms with Crippen molar-refractivity contribution in [2.45, 2.75) is 0 Å². The Morgan fingerprint density at radius 1 is 0.926 bits per heavy atom. The molecule has 0 radical (unpaired) electrons. The highest BCUT2D eigenvalue weighted by molar-refractivity contribution is 6.10. The number of carbonyl (C=O) groups excluding carboxylic acids is 1. The van der Waals surface area contributed by atoms with Crippen molar-refractivity contribution in [1.82, 2.24) is 4.90 Å². The van der Waals surface area contributed by atoms with Crippen molar-refractivity contribution in [3.8, 4) is 12.1 Å². The molecule has 0 saturated carbocycles. The van der Waals surface area contributed by atoms with E-state index in [-0.39, 0.29) is 11.6 Å². The van der Waals surface area contributed by atoms with Crippen molar-refractivity contribution in [3.05, 3.63) is 60.2 Å². The Kier molecular flexibility index (Phi) is 5.66. The number of anilines is 2. The molecule has 1 saturated heterocycles. The molecule has 2 aromatic rings. The molecule has 0 aliphatic carbocycles. The number of piperazine rings is 1. The van der Waals surface area contributed by atoms with Crippen molar-refractivity contribution in [2.75, 3.05) is 36.5 Å². The van der Waals surface area contributed by atoms with Crippen molar-refractivity contribution >= 4 is 23.0 Å². The largest absolute Gasteiger partial charge is 0.368 e. The van der Waals surface area contributed by atoms with Gasteiger partial charge in [-0.25, -0.2) is 0 Å². The maximum Gasteiger partial charge on any atom is 0.253 e. The molecule has 1 aliphatic heterocycles. The Hall–Kier alpha value is -3.84. The molecule has 0 unspecified atom stereocenters. The lowest BCUT2D eigenvalue weighted by atomic mass is 10.1. The number of nitriles is 2. The van der Waals surface area contributed by atoms with Crippen LogP contribution in [0.1, 0.15) is 10.4 Å². The van der Waals surface area contributed by atoms with E-state index >= 15 is 0 Å². The van der Waals surface area contributed by atoms with Gasteiger partial charge >= 0.3 is 0 Å². The van der Waals surface area contributed by atoms with Gasteiger partial charge in [0.25, 0.3) is 5.91 Å². The first kappa shape index (κ1) is 18.0. The van der Waals surface area contributed by atoms with Crippen LogP contribution in [-0.2, 0) is 0 Å². The molecule has 0 spiro atoms. The van der Waals surface area contributed by atoms with E-state index in [1.807, 2.05) is 59.5 Å². The third kappa shape index (κ3) is 4.42. The molecule has 3 rings (SSSR count). The lowest BCUT2D eigenvalue weighted by molar-refractivity contribution is 0.0747. The highest BCUT2D eigenvalue weighted by Crippen LogP contribution is 2.20. The average Bonchev–Trinajstić information content (AvgIpc) is 2.75. The number of nitrogens with one attached hydrogen (secondary N) is 1. The zero-order valence-electron chi connectivity index (χ0n) is 14.7. The van der Waals surface area contributed by atoms with E-state index in [1.54, 1.807) is 12.1 Å². The minimum Gasteiger partial charge on any atom is -0.368 e. The molecular formula is C20H18N6O. The van der Waals surface area contributed by atoms with Gasteiger partial charge in [0.1, 0.15) is 12.1 Å². The molecule has 0 atom stereocenters. The van der Waals surface area contributed by atoms with E-state index in [2.05, 4.69) is 15.4 Å². The van der Waals surface area contributed by atoms with Gasteiger partial charge in [-0.05, 0) is 36.4 Å². The number of rotatable bonds is 4. The van der Waals surface area contributed by atoms with Crippen LogP contribution in [0.5, 0.6) is 0 Å². The number of benzene rings is 2. The third-order valence-corrected chi connectivity index (χ3v) is 4.33. The number of hydrogen-bond acceptors (Lipinski definition) is 6. The summed E-state index contributed by atoms with van der Waals surface area (Å²) >= 11 is 0. The van der Waals surface area contributed by atoms with Gasteiger partial charge in [0.2, 0.25) is 5.71 Å². The van der Waals surface area contributed by atoms with Crippen LogP contribution in [0.25, 0.3) is 0 Å². The first-order valence-corrected chi connectivity index (χ1v) is 8.54. The Balaban J connectivity index is 1.57. The number of hydrazone groups is 1. The van der Waals surface area contributed by atoms with Crippen LogP contribution < -0.4 is 10.3 Å². The van der Waals surface area contributed by atoms with Crippen molar-refractivity contribution in [2.24, 2.45) is 5.10 Å². The zero-order chi connectivity index (χ0) is 19.1. The number of carbonyl (C=O) groups is 1. The quantitative estimate of drug-likeness (QED) is 0.669. The second-order valence-corrected chi connectivity index (χ2v) is 5.99. The molecule has 2 aromatic carbocycles. The highest BCUT2D eigenvalue weighted by Gasteiger charge is 2.22. The summed E-state index contributed by atoms with van der Waals surface area (Å²) in [5.74, 6) is 0.0680. The van der Waals surface area contributed by atoms with Crippen LogP contribution in [0.3, 0.4) is 0 Å². The molecule has 0 bridgehead atoms. The van der Waals surface area contributed by atoms with Crippen LogP contribution in [-0.4, -0.2) is 42.7 Å². The van der Waals surface area contributed by atoms with Crippen LogP contribution in [0, 0.1) is 22.7 Å². The molecule has 0 aromatic heterocycles. The van der Waals surface area contributed by atoms with Crippen LogP contribution in [0.15, 0.2) is 59.7 Å². The third-order valence-electron chi connectivity index (χ3n) is 4.33. The van der Waals surface area contributed by atoms with Crippen molar-refractivity contribution in [3.63, 3.8) is 0 Å². The summed E-state index contributed by atoms with van der Waals surface area (Å²) in [6.45, 7) is 2.87. The molecule has 1 amide bonds. The van der Waals surface area contributed by atoms with Gasteiger partial charge in [-0.3, -0.25) is 10.2 Å². The lowest BCUT2D eigenvalue weighted by Gasteiger charge is -2.36. The monoisotopic (exact) mass is 358 g/mol. The van der Waals surface area contributed by atoms with E-state index < -0.39 is 0 Å². The maximum atomic E-state index is 12.5. The van der Waals surface area contributed by atoms with Gasteiger partial charge in [0, 0.05) is 37.4 Å². The summed E-state index contributed by atoms with van der Waals surface area (Å²) in [5.41, 5.74) is 4.93. The van der Waals surface area contributed by atoms with Crippen molar-refractivity contribution in [1.29, 1.82) is 10.5 Å². The molecule has 1 aliphatic rings. The fraction of sp³-hybridized carbons (Fsp3) is 0.200. The first-order valence-electron chi connectivity index (χ1n) is 8.54. The maximum absolute atomic E-state index is 12.5. The number of hydrogen-bond donors (Lipinski definition) is 1. The van der Waals surface area contributed by atoms with E-state index in [1.165, 1.54) is 0 Å². The minimum absolute atomic E-state index is 0.0680. The molecule has 1 N–H and O–H groups in total. The Bertz CT molecular complexity index is 884. The normalized spacial score (nSPS) is 13.3. The van der Waals surface area contributed by atoms with E-state index in [0.717, 1.165) is 24.3 Å². The average molecular weight is 358 g/mol. The highest BCUT2D eigenvalue weighted by atomic mass is 16.2. The Labute approximate surface area is 157 Å².